The first-order valence-electron chi connectivity index (χ1n) is 5.09. The zero-order chi connectivity index (χ0) is 14.0. The van der Waals surface area contributed by atoms with Crippen LogP contribution in [-0.2, 0) is 10.9 Å². The van der Waals surface area contributed by atoms with E-state index in [1.165, 1.54) is 24.1 Å². The van der Waals surface area contributed by atoms with E-state index in [9.17, 15) is 18.0 Å². The Kier molecular flexibility index (Phi) is 3.24. The number of halogens is 3. The van der Waals surface area contributed by atoms with Gasteiger partial charge in [0.2, 0.25) is 0 Å². The van der Waals surface area contributed by atoms with Crippen LogP contribution in [0.5, 0.6) is 0 Å². The van der Waals surface area contributed by atoms with Crippen molar-refractivity contribution in [1.82, 2.24) is 14.8 Å². The molecule has 0 fully saturated rings. The van der Waals surface area contributed by atoms with E-state index >= 15 is 0 Å². The lowest BCUT2D eigenvalue weighted by atomic mass is 10.3. The first-order valence-corrected chi connectivity index (χ1v) is 5.09. The molecule has 0 unspecified atom stereocenters. The summed E-state index contributed by atoms with van der Waals surface area (Å²) < 4.78 is 42.7. The number of esters is 1. The van der Waals surface area contributed by atoms with Crippen molar-refractivity contribution in [2.75, 3.05) is 7.11 Å². The fourth-order valence-corrected chi connectivity index (χ4v) is 1.35. The summed E-state index contributed by atoms with van der Waals surface area (Å²) in [5.74, 6) is -0.464. The summed E-state index contributed by atoms with van der Waals surface area (Å²) in [5, 5.41) is 3.84. The van der Waals surface area contributed by atoms with Gasteiger partial charge in [-0.3, -0.25) is 0 Å². The number of carbonyl (C=O) groups excluding carboxylic acids is 1. The van der Waals surface area contributed by atoms with Crippen LogP contribution in [-0.4, -0.2) is 27.8 Å². The normalized spacial score (nSPS) is 11.4. The van der Waals surface area contributed by atoms with E-state index in [0.29, 0.717) is 6.20 Å². The molecule has 8 heteroatoms. The molecule has 100 valence electrons. The maximum Gasteiger partial charge on any atom is 0.417 e. The zero-order valence-electron chi connectivity index (χ0n) is 9.68. The Hall–Kier alpha value is -2.38. The lowest BCUT2D eigenvalue weighted by molar-refractivity contribution is -0.137. The number of nitrogens with zero attached hydrogens (tertiary/aromatic N) is 3. The molecule has 0 bridgehead atoms. The van der Waals surface area contributed by atoms with Crippen molar-refractivity contribution in [3.63, 3.8) is 0 Å². The fourth-order valence-electron chi connectivity index (χ4n) is 1.35. The van der Waals surface area contributed by atoms with Crippen molar-refractivity contribution in [2.24, 2.45) is 0 Å². The maximum absolute atomic E-state index is 12.4. The number of ether oxygens (including phenoxy) is 1. The number of hydrogen-bond acceptors (Lipinski definition) is 4. The van der Waals surface area contributed by atoms with Crippen LogP contribution in [0.2, 0.25) is 0 Å². The summed E-state index contributed by atoms with van der Waals surface area (Å²) in [6.07, 6.45) is -2.33. The topological polar surface area (TPSA) is 57.0 Å². The van der Waals surface area contributed by atoms with Gasteiger partial charge in [-0.2, -0.15) is 18.3 Å². The number of carbonyl (C=O) groups is 1. The van der Waals surface area contributed by atoms with E-state index in [-0.39, 0.29) is 11.5 Å². The summed E-state index contributed by atoms with van der Waals surface area (Å²) in [5.41, 5.74) is -0.805. The zero-order valence-corrected chi connectivity index (χ0v) is 9.68. The standard InChI is InChI=1S/C11H8F3N3O2/c1-19-10(18)8-4-5-17(16-8)9-3-2-7(6-15-9)11(12,13)14/h2-6H,1H3. The molecule has 0 aliphatic rings. The summed E-state index contributed by atoms with van der Waals surface area (Å²) in [6.45, 7) is 0. The quantitative estimate of drug-likeness (QED) is 0.785. The predicted molar refractivity (Wildman–Crippen MR) is 57.7 cm³/mol. The molecule has 2 rings (SSSR count). The highest BCUT2D eigenvalue weighted by Crippen LogP contribution is 2.28. The van der Waals surface area contributed by atoms with Gasteiger partial charge < -0.3 is 4.74 Å². The number of aromatic nitrogens is 3. The summed E-state index contributed by atoms with van der Waals surface area (Å²) in [4.78, 5) is 14.8. The van der Waals surface area contributed by atoms with Crippen molar-refractivity contribution < 1.29 is 22.7 Å². The van der Waals surface area contributed by atoms with Crippen LogP contribution in [0.4, 0.5) is 13.2 Å². The molecule has 0 saturated carbocycles. The fraction of sp³-hybridized carbons (Fsp3) is 0.182. The largest absolute Gasteiger partial charge is 0.464 e. The predicted octanol–water partition coefficient (Wildman–Crippen LogP) is 2.07. The third-order valence-electron chi connectivity index (χ3n) is 2.29. The molecule has 0 N–H and O–H groups in total. The van der Waals surface area contributed by atoms with Gasteiger partial charge in [0.25, 0.3) is 0 Å². The van der Waals surface area contributed by atoms with E-state index in [1.54, 1.807) is 0 Å². The Bertz CT molecular complexity index is 590. The van der Waals surface area contributed by atoms with E-state index in [1.807, 2.05) is 0 Å². The van der Waals surface area contributed by atoms with Crippen molar-refractivity contribution in [3.8, 4) is 5.82 Å². The molecule has 2 heterocycles. The smallest absolute Gasteiger partial charge is 0.417 e. The van der Waals surface area contributed by atoms with Crippen molar-refractivity contribution in [1.29, 1.82) is 0 Å². The van der Waals surface area contributed by atoms with Gasteiger partial charge in [0.1, 0.15) is 0 Å². The Morgan fingerprint density at radius 3 is 2.58 bits per heavy atom. The van der Waals surface area contributed by atoms with Crippen LogP contribution in [0.25, 0.3) is 5.82 Å². The van der Waals surface area contributed by atoms with Crippen molar-refractivity contribution in [3.05, 3.63) is 41.9 Å². The second-order valence-corrected chi connectivity index (χ2v) is 3.54. The van der Waals surface area contributed by atoms with Gasteiger partial charge in [-0.1, -0.05) is 0 Å². The SMILES string of the molecule is COC(=O)c1ccn(-c2ccc(C(F)(F)F)cn2)n1. The number of rotatable bonds is 2. The molecule has 2 aromatic heterocycles. The van der Waals surface area contributed by atoms with Crippen LogP contribution < -0.4 is 0 Å². The highest BCUT2D eigenvalue weighted by molar-refractivity contribution is 5.86. The van der Waals surface area contributed by atoms with E-state index in [2.05, 4.69) is 14.8 Å². The lowest BCUT2D eigenvalue weighted by Crippen LogP contribution is -2.08. The first-order chi connectivity index (χ1) is 8.91. The van der Waals surface area contributed by atoms with Crippen LogP contribution in [0.1, 0.15) is 16.1 Å². The molecule has 0 aromatic carbocycles. The number of methoxy groups -OCH3 is 1. The average molecular weight is 271 g/mol. The monoisotopic (exact) mass is 271 g/mol. The molecule has 0 spiro atoms. The Labute approximate surface area is 105 Å². The molecule has 0 saturated heterocycles. The van der Waals surface area contributed by atoms with Crippen LogP contribution in [0.15, 0.2) is 30.6 Å². The third-order valence-corrected chi connectivity index (χ3v) is 2.29. The minimum atomic E-state index is -4.44. The Morgan fingerprint density at radius 2 is 2.05 bits per heavy atom. The Morgan fingerprint density at radius 1 is 1.32 bits per heavy atom. The molecule has 19 heavy (non-hydrogen) atoms. The maximum atomic E-state index is 12.4. The highest BCUT2D eigenvalue weighted by Gasteiger charge is 2.30. The average Bonchev–Trinajstić information content (AvgIpc) is 2.86. The van der Waals surface area contributed by atoms with Gasteiger partial charge in [0.15, 0.2) is 11.5 Å². The van der Waals surface area contributed by atoms with Crippen molar-refractivity contribution >= 4 is 5.97 Å². The molecule has 5 nitrogen and oxygen atoms in total. The van der Waals surface area contributed by atoms with Crippen LogP contribution in [0, 0.1) is 0 Å². The second kappa shape index (κ2) is 4.71. The summed E-state index contributed by atoms with van der Waals surface area (Å²) in [6, 6.07) is 3.43. The van der Waals surface area contributed by atoms with Gasteiger partial charge >= 0.3 is 12.1 Å². The second-order valence-electron chi connectivity index (χ2n) is 3.54. The van der Waals surface area contributed by atoms with Gasteiger partial charge in [-0.15, -0.1) is 0 Å². The van der Waals surface area contributed by atoms with Crippen molar-refractivity contribution in [2.45, 2.75) is 6.18 Å². The van der Waals surface area contributed by atoms with E-state index < -0.39 is 17.7 Å². The van der Waals surface area contributed by atoms with Crippen LogP contribution in [0.3, 0.4) is 0 Å². The van der Waals surface area contributed by atoms with E-state index in [4.69, 9.17) is 0 Å². The number of pyridine rings is 1. The van der Waals surface area contributed by atoms with E-state index in [0.717, 1.165) is 12.1 Å². The third kappa shape index (κ3) is 2.72. The van der Waals surface area contributed by atoms with Crippen LogP contribution >= 0.6 is 0 Å². The van der Waals surface area contributed by atoms with Gasteiger partial charge in [-0.05, 0) is 18.2 Å². The van der Waals surface area contributed by atoms with Gasteiger partial charge in [0.05, 0.1) is 12.7 Å². The molecular weight excluding hydrogens is 263 g/mol. The summed E-state index contributed by atoms with van der Waals surface area (Å²) in [7, 11) is 1.21. The minimum absolute atomic E-state index is 0.0456. The molecule has 0 atom stereocenters. The molecule has 0 aliphatic carbocycles. The highest BCUT2D eigenvalue weighted by atomic mass is 19.4. The van der Waals surface area contributed by atoms with Gasteiger partial charge in [-0.25, -0.2) is 14.5 Å². The first kappa shape index (κ1) is 13.1. The number of alkyl halides is 3. The molecule has 0 amide bonds. The molecule has 0 aliphatic heterocycles. The molecular formula is C11H8F3N3O2. The van der Waals surface area contributed by atoms with Gasteiger partial charge in [0, 0.05) is 12.4 Å². The Balaban J connectivity index is 2.28. The minimum Gasteiger partial charge on any atom is -0.464 e. The summed E-state index contributed by atoms with van der Waals surface area (Å²) >= 11 is 0. The lowest BCUT2D eigenvalue weighted by Gasteiger charge is -2.06. The molecule has 0 radical (unpaired) electrons. The number of hydrogen-bond donors (Lipinski definition) is 0. The molecule has 2 aromatic rings.